The molecule has 0 unspecified atom stereocenters. The van der Waals surface area contributed by atoms with Gasteiger partial charge >= 0.3 is 12.1 Å². The Morgan fingerprint density at radius 2 is 1.76 bits per heavy atom. The van der Waals surface area contributed by atoms with E-state index in [1.54, 1.807) is 39.5 Å². The SMILES string of the molecule is CC(=O)N[C@H]1[C@H]([C@H](O)[C@](C)(O)CNC(=O)c2cc(C)c(O)c(C)c2)O[C@@](CCN2CCOC[C@@]23CCN(C(=O)OC(C)(C)C)C3)(C(=O)O)C[C@@H]1O. The third-order valence-electron chi connectivity index (χ3n) is 10.1. The molecule has 16 nitrogen and oxygen atoms in total. The number of morpholine rings is 1. The summed E-state index contributed by atoms with van der Waals surface area (Å²) in [6, 6.07) is 1.63. The number of aromatic hydroxyl groups is 1. The van der Waals surface area contributed by atoms with Crippen LogP contribution in [0.4, 0.5) is 4.79 Å². The fourth-order valence-electron chi connectivity index (χ4n) is 7.20. The van der Waals surface area contributed by atoms with Gasteiger partial charge in [-0.3, -0.25) is 14.5 Å². The van der Waals surface area contributed by atoms with E-state index in [-0.39, 0.29) is 24.3 Å². The summed E-state index contributed by atoms with van der Waals surface area (Å²) in [7, 11) is 0. The molecule has 3 aliphatic heterocycles. The second kappa shape index (κ2) is 15.2. The van der Waals surface area contributed by atoms with Crippen LogP contribution >= 0.6 is 0 Å². The average molecular weight is 723 g/mol. The molecule has 1 aromatic rings. The molecule has 51 heavy (non-hydrogen) atoms. The van der Waals surface area contributed by atoms with Crippen LogP contribution in [0.25, 0.3) is 0 Å². The molecular formula is C35H54N4O12. The predicted octanol–water partition coefficient (Wildman–Crippen LogP) is 0.431. The van der Waals surface area contributed by atoms with Crippen molar-refractivity contribution in [2.24, 2.45) is 0 Å². The van der Waals surface area contributed by atoms with Gasteiger partial charge in [0.1, 0.15) is 29.2 Å². The molecule has 1 spiro atoms. The number of nitrogens with zero attached hydrogens (tertiary/aromatic N) is 2. The lowest BCUT2D eigenvalue weighted by atomic mass is 9.79. The van der Waals surface area contributed by atoms with E-state index >= 15 is 0 Å². The smallest absolute Gasteiger partial charge is 0.410 e. The van der Waals surface area contributed by atoms with Gasteiger partial charge in [-0.1, -0.05) is 0 Å². The highest BCUT2D eigenvalue weighted by Crippen LogP contribution is 2.39. The summed E-state index contributed by atoms with van der Waals surface area (Å²) in [6.07, 6.45) is -5.51. The highest BCUT2D eigenvalue weighted by molar-refractivity contribution is 5.95. The summed E-state index contributed by atoms with van der Waals surface area (Å²) in [6.45, 7) is 12.5. The zero-order chi connectivity index (χ0) is 38.1. The van der Waals surface area contributed by atoms with E-state index in [1.165, 1.54) is 26.0 Å². The van der Waals surface area contributed by atoms with Crippen molar-refractivity contribution >= 4 is 23.9 Å². The normalized spacial score (nSPS) is 28.9. The maximum absolute atomic E-state index is 13.0. The summed E-state index contributed by atoms with van der Waals surface area (Å²) in [5, 5.41) is 60.1. The van der Waals surface area contributed by atoms with E-state index in [9.17, 15) is 44.7 Å². The molecule has 0 bridgehead atoms. The number of carboxylic acid groups (broad SMARTS) is 1. The number of phenols is 1. The lowest BCUT2D eigenvalue weighted by Gasteiger charge is -2.50. The third kappa shape index (κ3) is 9.10. The number of benzene rings is 1. The highest BCUT2D eigenvalue weighted by Gasteiger charge is 2.57. The van der Waals surface area contributed by atoms with Crippen LogP contribution in [0.3, 0.4) is 0 Å². The largest absolute Gasteiger partial charge is 0.507 e. The van der Waals surface area contributed by atoms with Gasteiger partial charge in [0, 0.05) is 58.1 Å². The molecule has 0 saturated carbocycles. The van der Waals surface area contributed by atoms with Crippen molar-refractivity contribution in [2.75, 3.05) is 45.9 Å². The van der Waals surface area contributed by atoms with Crippen LogP contribution in [0.1, 0.15) is 75.4 Å². The number of ether oxygens (including phenoxy) is 3. The molecule has 3 fully saturated rings. The van der Waals surface area contributed by atoms with Crippen molar-refractivity contribution in [1.82, 2.24) is 20.4 Å². The van der Waals surface area contributed by atoms with Crippen LogP contribution < -0.4 is 10.6 Å². The second-order valence-corrected chi connectivity index (χ2v) is 15.5. The number of aryl methyl sites for hydroxylation is 2. The van der Waals surface area contributed by atoms with Crippen molar-refractivity contribution in [3.8, 4) is 5.75 Å². The number of aliphatic hydroxyl groups excluding tert-OH is 2. The summed E-state index contributed by atoms with van der Waals surface area (Å²) in [4.78, 5) is 54.7. The zero-order valence-electron chi connectivity index (χ0n) is 30.5. The third-order valence-corrected chi connectivity index (χ3v) is 10.1. The van der Waals surface area contributed by atoms with Gasteiger partial charge in [0.2, 0.25) is 5.91 Å². The molecule has 286 valence electrons. The van der Waals surface area contributed by atoms with Gasteiger partial charge in [-0.2, -0.15) is 0 Å². The van der Waals surface area contributed by atoms with Crippen molar-refractivity contribution < 1.29 is 58.9 Å². The quantitative estimate of drug-likeness (QED) is 0.174. The molecule has 3 aliphatic rings. The number of likely N-dealkylation sites (tertiary alicyclic amines) is 1. The molecule has 0 aromatic heterocycles. The second-order valence-electron chi connectivity index (χ2n) is 15.5. The highest BCUT2D eigenvalue weighted by atomic mass is 16.6. The molecule has 4 rings (SSSR count). The van der Waals surface area contributed by atoms with Crippen LogP contribution in [0, 0.1) is 13.8 Å². The molecular weight excluding hydrogens is 668 g/mol. The van der Waals surface area contributed by atoms with Crippen LogP contribution in [-0.2, 0) is 23.8 Å². The Balaban J connectivity index is 1.54. The molecule has 3 saturated heterocycles. The van der Waals surface area contributed by atoms with E-state index in [0.717, 1.165) is 0 Å². The van der Waals surface area contributed by atoms with Gasteiger partial charge in [0.15, 0.2) is 5.60 Å². The number of rotatable bonds is 10. The van der Waals surface area contributed by atoms with Crippen molar-refractivity contribution in [2.45, 2.75) is 114 Å². The number of amides is 3. The predicted molar refractivity (Wildman–Crippen MR) is 182 cm³/mol. The number of aliphatic carboxylic acids is 1. The maximum atomic E-state index is 13.0. The number of aliphatic hydroxyl groups is 3. The van der Waals surface area contributed by atoms with Crippen LogP contribution in [0.2, 0.25) is 0 Å². The number of carbonyl (C=O) groups is 4. The van der Waals surface area contributed by atoms with Gasteiger partial charge < -0.3 is 55.3 Å². The molecule has 7 N–H and O–H groups in total. The number of hydrogen-bond acceptors (Lipinski definition) is 12. The minimum atomic E-state index is -2.14. The van der Waals surface area contributed by atoms with E-state index < -0.39 is 83.5 Å². The fourth-order valence-corrected chi connectivity index (χ4v) is 7.20. The topological polar surface area (TPSA) is 228 Å². The number of carbonyl (C=O) groups excluding carboxylic acids is 3. The minimum Gasteiger partial charge on any atom is -0.507 e. The lowest BCUT2D eigenvalue weighted by Crippen LogP contribution is -2.70. The molecule has 3 amide bonds. The lowest BCUT2D eigenvalue weighted by molar-refractivity contribution is -0.240. The average Bonchev–Trinajstić information content (AvgIpc) is 3.46. The van der Waals surface area contributed by atoms with E-state index in [4.69, 9.17) is 14.2 Å². The molecule has 16 heteroatoms. The Bertz CT molecular complexity index is 1460. The molecule has 7 atom stereocenters. The van der Waals surface area contributed by atoms with Crippen molar-refractivity contribution in [1.29, 1.82) is 0 Å². The minimum absolute atomic E-state index is 0.0442. The van der Waals surface area contributed by atoms with Crippen LogP contribution in [0.5, 0.6) is 5.75 Å². The Kier molecular flexibility index (Phi) is 12.0. The first-order chi connectivity index (χ1) is 23.6. The first-order valence-corrected chi connectivity index (χ1v) is 17.3. The summed E-state index contributed by atoms with van der Waals surface area (Å²) in [5.41, 5.74) is -4.34. The Labute approximate surface area is 298 Å². The first kappa shape index (κ1) is 40.2. The van der Waals surface area contributed by atoms with Gasteiger partial charge in [-0.05, 0) is 71.2 Å². The molecule has 0 aliphatic carbocycles. The van der Waals surface area contributed by atoms with E-state index in [0.29, 0.717) is 50.4 Å². The standard InChI is InChI=1S/C35H54N4O12/c1-20-14-23(15-21(2)26(20)42)29(44)36-17-33(7,48)28(43)27-25(37-22(3)40)24(41)16-35(50-27,30(45)46)9-11-39-12-13-49-19-34(39)8-10-38(18-34)31(47)51-32(4,5)6/h14-15,24-25,27-28,41-43,48H,8-13,16-19H2,1-7H3,(H,36,44)(H,37,40)(H,45,46)/t24-,25+,27+,28-,33+,34-,35+/m0/s1. The van der Waals surface area contributed by atoms with Gasteiger partial charge in [0.05, 0.1) is 30.9 Å². The zero-order valence-corrected chi connectivity index (χ0v) is 30.5. The Morgan fingerprint density at radius 1 is 1.12 bits per heavy atom. The number of carboxylic acids is 1. The maximum Gasteiger partial charge on any atom is 0.410 e. The number of nitrogens with one attached hydrogen (secondary N) is 2. The molecule has 0 radical (unpaired) electrons. The number of phenolic OH excluding ortho intramolecular Hbond substituents is 1. The Morgan fingerprint density at radius 3 is 2.35 bits per heavy atom. The van der Waals surface area contributed by atoms with Gasteiger partial charge in [-0.15, -0.1) is 0 Å². The van der Waals surface area contributed by atoms with E-state index in [2.05, 4.69) is 15.5 Å². The summed E-state index contributed by atoms with van der Waals surface area (Å²) < 4.78 is 17.6. The van der Waals surface area contributed by atoms with Crippen LogP contribution in [0.15, 0.2) is 12.1 Å². The Hall–Kier alpha value is -3.54. The summed E-state index contributed by atoms with van der Waals surface area (Å²) >= 11 is 0. The summed E-state index contributed by atoms with van der Waals surface area (Å²) in [5.74, 6) is -2.55. The van der Waals surface area contributed by atoms with Crippen molar-refractivity contribution in [3.05, 3.63) is 28.8 Å². The molecule has 3 heterocycles. The van der Waals surface area contributed by atoms with Crippen LogP contribution in [-0.4, -0.2) is 152 Å². The van der Waals surface area contributed by atoms with Crippen molar-refractivity contribution in [3.63, 3.8) is 0 Å². The van der Waals surface area contributed by atoms with Gasteiger partial charge in [0.25, 0.3) is 5.91 Å². The van der Waals surface area contributed by atoms with E-state index in [1.807, 2.05) is 0 Å². The number of hydrogen-bond donors (Lipinski definition) is 7. The fraction of sp³-hybridized carbons (Fsp3) is 0.714. The first-order valence-electron chi connectivity index (χ1n) is 17.3. The monoisotopic (exact) mass is 722 g/mol. The van der Waals surface area contributed by atoms with Gasteiger partial charge in [-0.25, -0.2) is 9.59 Å². The molecule has 1 aromatic carbocycles.